The predicted octanol–water partition coefficient (Wildman–Crippen LogP) is 5.12. The van der Waals surface area contributed by atoms with E-state index in [0.29, 0.717) is 41.3 Å². The molecule has 0 saturated carbocycles. The lowest BCUT2D eigenvalue weighted by Crippen LogP contribution is -2.49. The lowest BCUT2D eigenvalue weighted by molar-refractivity contribution is -0.0907. The van der Waals surface area contributed by atoms with Gasteiger partial charge in [0.1, 0.15) is 17.3 Å². The molecule has 3 atom stereocenters. The Bertz CT molecular complexity index is 1630. The fraction of sp³-hybridized carbons (Fsp3) is 0.312. The summed E-state index contributed by atoms with van der Waals surface area (Å²) in [4.78, 5) is 19.2. The van der Waals surface area contributed by atoms with E-state index in [2.05, 4.69) is 6.07 Å². The molecule has 0 radical (unpaired) electrons. The summed E-state index contributed by atoms with van der Waals surface area (Å²) in [6, 6.07) is 21.5. The van der Waals surface area contributed by atoms with Crippen molar-refractivity contribution in [3.8, 4) is 11.5 Å². The molecule has 1 aliphatic carbocycles. The first-order valence-corrected chi connectivity index (χ1v) is 12.8. The fourth-order valence-electron chi connectivity index (χ4n) is 6.96. The highest BCUT2D eigenvalue weighted by molar-refractivity contribution is 5.66. The van der Waals surface area contributed by atoms with Crippen LogP contribution < -0.4 is 15.0 Å². The normalized spacial score (nSPS) is 24.1. The highest BCUT2D eigenvalue weighted by Gasteiger charge is 2.73. The molecule has 0 fully saturated rings. The summed E-state index contributed by atoms with van der Waals surface area (Å²) in [6.07, 6.45) is 1.58. The third-order valence-electron chi connectivity index (χ3n) is 8.37. The molecule has 38 heavy (non-hydrogen) atoms. The minimum Gasteiger partial charge on any atom is -0.497 e. The van der Waals surface area contributed by atoms with Gasteiger partial charge in [0.2, 0.25) is 0 Å². The van der Waals surface area contributed by atoms with Gasteiger partial charge in [0.15, 0.2) is 11.2 Å². The molecule has 1 aromatic heterocycles. The van der Waals surface area contributed by atoms with Crippen molar-refractivity contribution >= 4 is 0 Å². The molecule has 1 N–H and O–H groups in total. The van der Waals surface area contributed by atoms with Gasteiger partial charge in [0.05, 0.1) is 24.3 Å². The molecular weight excluding hydrogens is 476 g/mol. The Balaban J connectivity index is 0.00000264. The van der Waals surface area contributed by atoms with Crippen LogP contribution in [0.25, 0.3) is 0 Å². The third-order valence-corrected chi connectivity index (χ3v) is 8.37. The first-order valence-electron chi connectivity index (χ1n) is 12.8. The summed E-state index contributed by atoms with van der Waals surface area (Å²) in [7, 11) is 1.63. The molecule has 0 saturated heterocycles. The topological polar surface area (TPSA) is 73.6 Å². The van der Waals surface area contributed by atoms with E-state index in [9.17, 15) is 9.90 Å². The van der Waals surface area contributed by atoms with Crippen LogP contribution in [0.4, 0.5) is 0 Å². The minimum atomic E-state index is -1.66. The second-order valence-electron chi connectivity index (χ2n) is 10.4. The van der Waals surface area contributed by atoms with Gasteiger partial charge in [0.25, 0.3) is 5.56 Å². The van der Waals surface area contributed by atoms with Crippen LogP contribution in [-0.4, -0.2) is 21.8 Å². The van der Waals surface area contributed by atoms with Crippen molar-refractivity contribution in [2.45, 2.75) is 57.8 Å². The quantitative estimate of drug-likeness (QED) is 0.416. The van der Waals surface area contributed by atoms with Crippen LogP contribution in [0.3, 0.4) is 0 Å². The summed E-state index contributed by atoms with van der Waals surface area (Å²) < 4.78 is 14.2. The number of hydrogen-bond acceptors (Lipinski definition) is 5. The van der Waals surface area contributed by atoms with E-state index in [1.807, 2.05) is 74.5 Å². The van der Waals surface area contributed by atoms with E-state index < -0.39 is 17.1 Å². The van der Waals surface area contributed by atoms with E-state index in [4.69, 9.17) is 14.5 Å². The number of fused-ring (bicyclic) bond motifs is 6. The maximum absolute atomic E-state index is 14.2. The average Bonchev–Trinajstić information content (AvgIpc) is 3.53. The zero-order valence-electron chi connectivity index (χ0n) is 21.1. The number of benzene rings is 3. The van der Waals surface area contributed by atoms with E-state index >= 15 is 0 Å². The summed E-state index contributed by atoms with van der Waals surface area (Å²) in [5, 5.41) is 13.2. The van der Waals surface area contributed by atoms with Gasteiger partial charge in [-0.05, 0) is 55.2 Å². The Morgan fingerprint density at radius 1 is 1.08 bits per heavy atom. The summed E-state index contributed by atoms with van der Waals surface area (Å²) in [5.41, 5.74) is 2.16. The van der Waals surface area contributed by atoms with Crippen molar-refractivity contribution in [3.05, 3.63) is 122 Å². The Kier molecular flexibility index (Phi) is 5.34. The summed E-state index contributed by atoms with van der Waals surface area (Å²) >= 11 is 0. The van der Waals surface area contributed by atoms with Crippen LogP contribution >= 0.6 is 0 Å². The van der Waals surface area contributed by atoms with Gasteiger partial charge in [0, 0.05) is 24.1 Å². The van der Waals surface area contributed by atoms with Gasteiger partial charge in [-0.3, -0.25) is 9.36 Å². The second-order valence-corrected chi connectivity index (χ2v) is 10.4. The smallest absolute Gasteiger partial charge is 0.257 e. The molecule has 6 heteroatoms. The number of ether oxygens (including phenoxy) is 2. The van der Waals surface area contributed by atoms with Crippen LogP contribution in [0.15, 0.2) is 71.5 Å². The fourth-order valence-corrected chi connectivity index (χ4v) is 6.96. The van der Waals surface area contributed by atoms with E-state index in [0.717, 1.165) is 34.5 Å². The van der Waals surface area contributed by atoms with Crippen LogP contribution in [0.2, 0.25) is 0 Å². The van der Waals surface area contributed by atoms with Gasteiger partial charge in [-0.1, -0.05) is 56.0 Å². The lowest BCUT2D eigenvalue weighted by atomic mass is 9.69. The van der Waals surface area contributed by atoms with Crippen molar-refractivity contribution in [2.75, 3.05) is 7.11 Å². The van der Waals surface area contributed by atoms with E-state index in [-0.39, 0.29) is 13.0 Å². The molecule has 194 valence electrons. The standard InChI is InChI=1S/C31H28N2O4.CH4/c1-18-16-19(2)26-23(17-18)37-31(21-11-13-22(36-3)14-12-21)27(20-8-5-4-6-9-20)25-28(30(26,31)35)32-24-10-7-15-33(24)29(25)34;/h4-6,8-9,11-14,16-17,27,35H,7,10,15H2,1-3H3;1H4/t27-,30+,31+;/m1./s1. The van der Waals surface area contributed by atoms with Crippen LogP contribution in [0.5, 0.6) is 11.5 Å². The third kappa shape index (κ3) is 2.86. The summed E-state index contributed by atoms with van der Waals surface area (Å²) in [6.45, 7) is 4.65. The number of hydrogen-bond donors (Lipinski definition) is 1. The number of aromatic nitrogens is 2. The maximum Gasteiger partial charge on any atom is 0.257 e. The Morgan fingerprint density at radius 2 is 1.82 bits per heavy atom. The van der Waals surface area contributed by atoms with Gasteiger partial charge in [-0.2, -0.15) is 0 Å². The molecule has 3 aliphatic rings. The number of methoxy groups -OCH3 is 1. The lowest BCUT2D eigenvalue weighted by Gasteiger charge is -2.40. The van der Waals surface area contributed by atoms with Gasteiger partial charge >= 0.3 is 0 Å². The average molecular weight is 509 g/mol. The van der Waals surface area contributed by atoms with Gasteiger partial charge in [-0.15, -0.1) is 0 Å². The molecule has 3 heterocycles. The monoisotopic (exact) mass is 508 g/mol. The molecule has 2 aliphatic heterocycles. The van der Waals surface area contributed by atoms with Crippen molar-refractivity contribution in [1.29, 1.82) is 0 Å². The number of nitrogens with zero attached hydrogens (tertiary/aromatic N) is 2. The Labute approximate surface area is 222 Å². The molecule has 0 amide bonds. The Morgan fingerprint density at radius 3 is 2.53 bits per heavy atom. The van der Waals surface area contributed by atoms with Crippen LogP contribution in [0, 0.1) is 13.8 Å². The maximum atomic E-state index is 14.2. The largest absolute Gasteiger partial charge is 0.497 e. The molecule has 3 aromatic carbocycles. The number of rotatable bonds is 3. The molecular formula is C32H32N2O4. The first kappa shape index (κ1) is 24.4. The zero-order valence-corrected chi connectivity index (χ0v) is 21.1. The number of aryl methyl sites for hydroxylation is 3. The Hall–Kier alpha value is -3.90. The predicted molar refractivity (Wildman–Crippen MR) is 146 cm³/mol. The van der Waals surface area contributed by atoms with Crippen molar-refractivity contribution in [2.24, 2.45) is 0 Å². The van der Waals surface area contributed by atoms with Gasteiger partial charge in [-0.25, -0.2) is 4.98 Å². The molecule has 0 spiro atoms. The highest BCUT2D eigenvalue weighted by Crippen LogP contribution is 2.68. The minimum absolute atomic E-state index is 0. The van der Waals surface area contributed by atoms with E-state index in [1.165, 1.54) is 0 Å². The highest BCUT2D eigenvalue weighted by atomic mass is 16.5. The molecule has 7 rings (SSSR count). The van der Waals surface area contributed by atoms with Crippen molar-refractivity contribution in [1.82, 2.24) is 9.55 Å². The first-order chi connectivity index (χ1) is 17.9. The zero-order chi connectivity index (χ0) is 25.5. The molecule has 0 bridgehead atoms. The van der Waals surface area contributed by atoms with Crippen molar-refractivity contribution < 1.29 is 14.6 Å². The van der Waals surface area contributed by atoms with E-state index in [1.54, 1.807) is 11.7 Å². The second kappa shape index (κ2) is 8.30. The van der Waals surface area contributed by atoms with Gasteiger partial charge < -0.3 is 14.6 Å². The van der Waals surface area contributed by atoms with Crippen LogP contribution in [-0.2, 0) is 24.2 Å². The van der Waals surface area contributed by atoms with Crippen LogP contribution in [0.1, 0.15) is 64.7 Å². The molecule has 4 aromatic rings. The molecule has 0 unspecified atom stereocenters. The summed E-state index contributed by atoms with van der Waals surface area (Å²) in [5.74, 6) is 1.49. The van der Waals surface area contributed by atoms with Crippen molar-refractivity contribution in [3.63, 3.8) is 0 Å². The number of aliphatic hydroxyl groups is 1. The SMILES string of the molecule is C.COc1ccc([C@@]23Oc4cc(C)cc(C)c4[C@]2(O)c2nc4n(c(=O)c2[C@H]3c2ccccc2)CCC4)cc1. The molecule has 6 nitrogen and oxygen atoms in total.